The third-order valence-corrected chi connectivity index (χ3v) is 5.70. The second-order valence-corrected chi connectivity index (χ2v) is 8.57. The normalized spacial score (nSPS) is 11.2. The van der Waals surface area contributed by atoms with E-state index in [2.05, 4.69) is 18.8 Å². The Hall–Kier alpha value is -2.24. The number of hydrogen-bond donors (Lipinski definition) is 0. The molecule has 0 aliphatic rings. The number of non-ortho nitro benzene ring substituents is 1. The molecule has 1 aromatic carbocycles. The molecule has 180 valence electrons. The smallest absolute Gasteiger partial charge is 0.269 e. The number of hydrogen-bond acceptors (Lipinski definition) is 4. The Balaban J connectivity index is 2.53. The predicted molar refractivity (Wildman–Crippen MR) is 133 cm³/mol. The molecule has 6 nitrogen and oxygen atoms in total. The monoisotopic (exact) mass is 445 g/mol. The number of carbonyl (C=O) groups is 1. The van der Waals surface area contributed by atoms with E-state index in [1.165, 1.54) is 94.9 Å². The molecule has 0 aromatic heterocycles. The zero-order valence-corrected chi connectivity index (χ0v) is 20.3. The minimum absolute atomic E-state index is 0.00668. The molecule has 0 atom stereocenters. The van der Waals surface area contributed by atoms with Crippen molar-refractivity contribution >= 4 is 17.9 Å². The van der Waals surface area contributed by atoms with Gasteiger partial charge < -0.3 is 0 Å². The second kappa shape index (κ2) is 18.3. The summed E-state index contributed by atoms with van der Waals surface area (Å²) in [7, 11) is 0. The van der Waals surface area contributed by atoms with Crippen molar-refractivity contribution in [2.45, 2.75) is 104 Å². The van der Waals surface area contributed by atoms with Gasteiger partial charge in [-0.15, -0.1) is 0 Å². The lowest BCUT2D eigenvalue weighted by Gasteiger charge is -2.18. The number of benzene rings is 1. The first kappa shape index (κ1) is 27.8. The standard InChI is InChI=1S/C26H43N3O3/c1-3-5-7-9-11-13-15-21-27-23-28(22-16-14-12-10-8-6-4-2)26(30)24-17-19-25(20-18-24)29(31)32/h17-20,23H,3-16,21-22H2,1-2H3. The molecule has 0 spiro atoms. The Morgan fingerprint density at radius 3 is 1.88 bits per heavy atom. The summed E-state index contributed by atoms with van der Waals surface area (Å²) in [5, 5.41) is 10.9. The topological polar surface area (TPSA) is 75.8 Å². The largest absolute Gasteiger partial charge is 0.299 e. The lowest BCUT2D eigenvalue weighted by atomic mass is 10.1. The van der Waals surface area contributed by atoms with E-state index in [0.717, 1.165) is 25.8 Å². The van der Waals surface area contributed by atoms with E-state index in [4.69, 9.17) is 0 Å². The molecule has 0 saturated carbocycles. The van der Waals surface area contributed by atoms with Crippen LogP contribution >= 0.6 is 0 Å². The van der Waals surface area contributed by atoms with Gasteiger partial charge in [-0.25, -0.2) is 0 Å². The second-order valence-electron chi connectivity index (χ2n) is 8.57. The molecule has 0 aliphatic heterocycles. The molecular formula is C26H43N3O3. The predicted octanol–water partition coefficient (Wildman–Crippen LogP) is 7.57. The van der Waals surface area contributed by atoms with E-state index < -0.39 is 4.92 Å². The van der Waals surface area contributed by atoms with Gasteiger partial charge in [0.05, 0.1) is 11.3 Å². The molecular weight excluding hydrogens is 402 g/mol. The minimum atomic E-state index is -0.450. The number of carbonyl (C=O) groups excluding carboxylic acids is 1. The molecule has 32 heavy (non-hydrogen) atoms. The van der Waals surface area contributed by atoms with Crippen molar-refractivity contribution in [2.75, 3.05) is 13.1 Å². The molecule has 0 bridgehead atoms. The molecule has 0 unspecified atom stereocenters. The van der Waals surface area contributed by atoms with Crippen LogP contribution in [0, 0.1) is 10.1 Å². The van der Waals surface area contributed by atoms with Gasteiger partial charge >= 0.3 is 0 Å². The third kappa shape index (κ3) is 12.6. The number of amides is 1. The summed E-state index contributed by atoms with van der Waals surface area (Å²) in [6.45, 7) is 5.80. The Kier molecular flexibility index (Phi) is 15.9. The molecule has 0 radical (unpaired) electrons. The van der Waals surface area contributed by atoms with Crippen LogP contribution in [0.2, 0.25) is 0 Å². The number of nitro groups is 1. The van der Waals surface area contributed by atoms with Crippen LogP contribution < -0.4 is 0 Å². The zero-order valence-electron chi connectivity index (χ0n) is 20.3. The fourth-order valence-corrected chi connectivity index (χ4v) is 3.66. The highest BCUT2D eigenvalue weighted by molar-refractivity contribution is 6.00. The van der Waals surface area contributed by atoms with Crippen molar-refractivity contribution in [1.29, 1.82) is 0 Å². The van der Waals surface area contributed by atoms with E-state index in [1.54, 1.807) is 11.2 Å². The summed E-state index contributed by atoms with van der Waals surface area (Å²) in [4.78, 5) is 29.6. The van der Waals surface area contributed by atoms with Gasteiger partial charge in [0.1, 0.15) is 0 Å². The molecule has 0 aliphatic carbocycles. The molecule has 1 amide bonds. The van der Waals surface area contributed by atoms with E-state index in [9.17, 15) is 14.9 Å². The Morgan fingerprint density at radius 1 is 0.844 bits per heavy atom. The van der Waals surface area contributed by atoms with Crippen LogP contribution in [-0.2, 0) is 0 Å². The molecule has 1 rings (SSSR count). The van der Waals surface area contributed by atoms with E-state index in [0.29, 0.717) is 12.1 Å². The average Bonchev–Trinajstić information content (AvgIpc) is 2.80. The summed E-state index contributed by atoms with van der Waals surface area (Å²) in [5.41, 5.74) is 0.453. The third-order valence-electron chi connectivity index (χ3n) is 5.70. The van der Waals surface area contributed by atoms with Gasteiger partial charge in [0.25, 0.3) is 11.6 Å². The maximum atomic E-state index is 13.0. The van der Waals surface area contributed by atoms with Crippen molar-refractivity contribution < 1.29 is 9.72 Å². The Bertz CT molecular complexity index is 659. The van der Waals surface area contributed by atoms with Crippen LogP contribution in [-0.4, -0.2) is 35.2 Å². The van der Waals surface area contributed by atoms with Gasteiger partial charge in [0.15, 0.2) is 0 Å². The van der Waals surface area contributed by atoms with Crippen molar-refractivity contribution in [2.24, 2.45) is 4.99 Å². The number of rotatable bonds is 19. The van der Waals surface area contributed by atoms with Crippen LogP contribution in [0.15, 0.2) is 29.3 Å². The first-order valence-electron chi connectivity index (χ1n) is 12.7. The van der Waals surface area contributed by atoms with Gasteiger partial charge in [-0.3, -0.25) is 24.8 Å². The quantitative estimate of drug-likeness (QED) is 0.0724. The van der Waals surface area contributed by atoms with Crippen molar-refractivity contribution in [1.82, 2.24) is 4.90 Å². The molecule has 0 saturated heterocycles. The highest BCUT2D eigenvalue weighted by Gasteiger charge is 2.15. The highest BCUT2D eigenvalue weighted by atomic mass is 16.6. The van der Waals surface area contributed by atoms with Gasteiger partial charge in [-0.2, -0.15) is 0 Å². The number of nitrogens with zero attached hydrogens (tertiary/aromatic N) is 3. The van der Waals surface area contributed by atoms with Gasteiger partial charge in [0.2, 0.25) is 0 Å². The maximum Gasteiger partial charge on any atom is 0.269 e. The Morgan fingerprint density at radius 2 is 1.34 bits per heavy atom. The van der Waals surface area contributed by atoms with E-state index >= 15 is 0 Å². The SMILES string of the molecule is CCCCCCCCCN=CN(CCCCCCCCC)C(=O)c1ccc([N+](=O)[O-])cc1. The van der Waals surface area contributed by atoms with Gasteiger partial charge in [-0.05, 0) is 25.0 Å². The number of aliphatic imine (C=N–C) groups is 1. The lowest BCUT2D eigenvalue weighted by Crippen LogP contribution is -2.31. The Labute approximate surface area is 194 Å². The minimum Gasteiger partial charge on any atom is -0.299 e. The van der Waals surface area contributed by atoms with Crippen LogP contribution in [0.3, 0.4) is 0 Å². The first-order valence-corrected chi connectivity index (χ1v) is 12.7. The van der Waals surface area contributed by atoms with Crippen LogP contribution in [0.4, 0.5) is 5.69 Å². The van der Waals surface area contributed by atoms with Crippen molar-refractivity contribution in [3.05, 3.63) is 39.9 Å². The maximum absolute atomic E-state index is 13.0. The van der Waals surface area contributed by atoms with Crippen molar-refractivity contribution in [3.8, 4) is 0 Å². The molecule has 6 heteroatoms. The highest BCUT2D eigenvalue weighted by Crippen LogP contribution is 2.14. The lowest BCUT2D eigenvalue weighted by molar-refractivity contribution is -0.384. The number of nitro benzene ring substituents is 1. The van der Waals surface area contributed by atoms with E-state index in [-0.39, 0.29) is 11.6 Å². The summed E-state index contributed by atoms with van der Waals surface area (Å²) in [5.74, 6) is -0.144. The fraction of sp³-hybridized carbons (Fsp3) is 0.692. The first-order chi connectivity index (χ1) is 15.6. The van der Waals surface area contributed by atoms with Crippen LogP contribution in [0.5, 0.6) is 0 Å². The molecule has 0 fully saturated rings. The van der Waals surface area contributed by atoms with Crippen LogP contribution in [0.1, 0.15) is 114 Å². The molecule has 0 heterocycles. The van der Waals surface area contributed by atoms with Gasteiger partial charge in [0, 0.05) is 30.8 Å². The molecule has 0 N–H and O–H groups in total. The fourth-order valence-electron chi connectivity index (χ4n) is 3.66. The summed E-state index contributed by atoms with van der Waals surface area (Å²) in [6, 6.07) is 5.83. The molecule has 1 aromatic rings. The van der Waals surface area contributed by atoms with Crippen LogP contribution in [0.25, 0.3) is 0 Å². The summed E-state index contributed by atoms with van der Waals surface area (Å²) >= 11 is 0. The summed E-state index contributed by atoms with van der Waals surface area (Å²) in [6.07, 6.45) is 18.6. The average molecular weight is 446 g/mol. The summed E-state index contributed by atoms with van der Waals surface area (Å²) < 4.78 is 0. The number of unbranched alkanes of at least 4 members (excludes halogenated alkanes) is 12. The van der Waals surface area contributed by atoms with E-state index in [1.807, 2.05) is 0 Å². The zero-order chi connectivity index (χ0) is 23.4. The van der Waals surface area contributed by atoms with Crippen molar-refractivity contribution in [3.63, 3.8) is 0 Å². The van der Waals surface area contributed by atoms with Gasteiger partial charge in [-0.1, -0.05) is 90.9 Å².